The van der Waals surface area contributed by atoms with Gasteiger partial charge in [0.25, 0.3) is 0 Å². The number of likely N-dealkylation sites (N-methyl/N-ethyl adjacent to an activating group) is 1. The largest absolute Gasteiger partial charge is 0.399 e. The molecule has 1 aliphatic rings. The zero-order valence-electron chi connectivity index (χ0n) is 11.9. The van der Waals surface area contributed by atoms with Crippen LogP contribution in [0.2, 0.25) is 0 Å². The molecule has 0 aromatic heterocycles. The van der Waals surface area contributed by atoms with Gasteiger partial charge in [0.05, 0.1) is 12.2 Å². The highest BCUT2D eigenvalue weighted by atomic mass is 32.2. The monoisotopic (exact) mass is 309 g/mol. The van der Waals surface area contributed by atoms with E-state index in [0.29, 0.717) is 24.8 Å². The van der Waals surface area contributed by atoms with Crippen molar-refractivity contribution >= 4 is 15.7 Å². The van der Waals surface area contributed by atoms with Gasteiger partial charge in [-0.25, -0.2) is 8.42 Å². The lowest BCUT2D eigenvalue weighted by Crippen LogP contribution is -2.31. The fourth-order valence-electron chi connectivity index (χ4n) is 1.88. The van der Waals surface area contributed by atoms with Crippen LogP contribution >= 0.6 is 0 Å². The molecule has 0 bridgehead atoms. The van der Waals surface area contributed by atoms with Gasteiger partial charge in [0.1, 0.15) is 11.0 Å². The first-order valence-electron chi connectivity index (χ1n) is 6.79. The summed E-state index contributed by atoms with van der Waals surface area (Å²) in [6, 6.07) is 6.08. The van der Waals surface area contributed by atoms with Crippen LogP contribution in [0.15, 0.2) is 23.1 Å². The number of rotatable bonds is 7. The number of ether oxygens (including phenoxy) is 1. The molecule has 2 N–H and O–H groups in total. The highest BCUT2D eigenvalue weighted by molar-refractivity contribution is 7.89. The number of hydrogen-bond acceptors (Lipinski definition) is 5. The second-order valence-corrected chi connectivity index (χ2v) is 7.23. The Hall–Kier alpha value is -1.62. The van der Waals surface area contributed by atoms with Crippen LogP contribution in [0.5, 0.6) is 0 Å². The fourth-order valence-corrected chi connectivity index (χ4v) is 3.15. The maximum Gasteiger partial charge on any atom is 0.244 e. The van der Waals surface area contributed by atoms with Crippen molar-refractivity contribution in [1.82, 2.24) is 4.31 Å². The molecule has 0 saturated heterocycles. The standard InChI is InChI=1S/C14H19N3O3S/c1-17(6-7-20-10-11-2-3-11)21(18,19)14-5-4-13(16)8-12(14)9-15/h4-5,8,11H,2-3,6-7,10,16H2,1H3. The molecule has 6 nitrogen and oxygen atoms in total. The van der Waals surface area contributed by atoms with Crippen LogP contribution in [-0.2, 0) is 14.8 Å². The number of hydrogen-bond donors (Lipinski definition) is 1. The van der Waals surface area contributed by atoms with Crippen molar-refractivity contribution in [3.05, 3.63) is 23.8 Å². The predicted octanol–water partition coefficient (Wildman–Crippen LogP) is 1.19. The van der Waals surface area contributed by atoms with E-state index in [9.17, 15) is 8.42 Å². The summed E-state index contributed by atoms with van der Waals surface area (Å²) in [7, 11) is -2.23. The van der Waals surface area contributed by atoms with Crippen LogP contribution in [0.4, 0.5) is 5.69 Å². The van der Waals surface area contributed by atoms with E-state index in [4.69, 9.17) is 15.7 Å². The quantitative estimate of drug-likeness (QED) is 0.603. The van der Waals surface area contributed by atoms with Crippen LogP contribution < -0.4 is 5.73 Å². The fraction of sp³-hybridized carbons (Fsp3) is 0.500. The first-order valence-corrected chi connectivity index (χ1v) is 8.23. The van der Waals surface area contributed by atoms with Crippen molar-refractivity contribution in [1.29, 1.82) is 5.26 Å². The third-order valence-corrected chi connectivity index (χ3v) is 5.33. The Balaban J connectivity index is 2.03. The van der Waals surface area contributed by atoms with Gasteiger partial charge in [-0.15, -0.1) is 0 Å². The Morgan fingerprint density at radius 1 is 1.48 bits per heavy atom. The topological polar surface area (TPSA) is 96.4 Å². The van der Waals surface area contributed by atoms with Crippen molar-refractivity contribution in [3.63, 3.8) is 0 Å². The van der Waals surface area contributed by atoms with Crippen LogP contribution in [-0.4, -0.2) is 39.5 Å². The molecule has 1 aromatic carbocycles. The minimum atomic E-state index is -3.71. The van der Waals surface area contributed by atoms with Crippen molar-refractivity contribution in [3.8, 4) is 6.07 Å². The van der Waals surface area contributed by atoms with Gasteiger partial charge in [-0.3, -0.25) is 0 Å². The number of nitrogen functional groups attached to an aromatic ring is 1. The van der Waals surface area contributed by atoms with Gasteiger partial charge in [0.2, 0.25) is 10.0 Å². The molecule has 1 aromatic rings. The number of benzene rings is 1. The Bertz CT molecular complexity index is 648. The van der Waals surface area contributed by atoms with E-state index in [1.54, 1.807) is 0 Å². The third-order valence-electron chi connectivity index (χ3n) is 3.41. The van der Waals surface area contributed by atoms with Gasteiger partial charge in [-0.1, -0.05) is 0 Å². The first kappa shape index (κ1) is 15.8. The zero-order chi connectivity index (χ0) is 15.5. The molecule has 1 fully saturated rings. The Morgan fingerprint density at radius 2 is 2.19 bits per heavy atom. The van der Waals surface area contributed by atoms with Crippen LogP contribution in [0.25, 0.3) is 0 Å². The van der Waals surface area contributed by atoms with Gasteiger partial charge in [-0.2, -0.15) is 9.57 Å². The van der Waals surface area contributed by atoms with Crippen LogP contribution in [0.3, 0.4) is 0 Å². The number of nitrogens with zero attached hydrogens (tertiary/aromatic N) is 2. The summed E-state index contributed by atoms with van der Waals surface area (Å²) in [6.07, 6.45) is 2.40. The maximum absolute atomic E-state index is 12.4. The van der Waals surface area contributed by atoms with E-state index in [2.05, 4.69) is 0 Å². The van der Waals surface area contributed by atoms with Crippen LogP contribution in [0.1, 0.15) is 18.4 Å². The Morgan fingerprint density at radius 3 is 2.81 bits per heavy atom. The number of nitriles is 1. The maximum atomic E-state index is 12.4. The smallest absolute Gasteiger partial charge is 0.244 e. The van der Waals surface area contributed by atoms with Crippen molar-refractivity contribution in [2.24, 2.45) is 5.92 Å². The molecular weight excluding hydrogens is 290 g/mol. The molecule has 0 spiro atoms. The van der Waals surface area contributed by atoms with E-state index in [1.807, 2.05) is 6.07 Å². The summed E-state index contributed by atoms with van der Waals surface area (Å²) >= 11 is 0. The molecule has 0 radical (unpaired) electrons. The molecule has 0 atom stereocenters. The summed E-state index contributed by atoms with van der Waals surface area (Å²) in [6.45, 7) is 1.30. The lowest BCUT2D eigenvalue weighted by molar-refractivity contribution is 0.117. The number of nitrogens with two attached hydrogens (primary N) is 1. The lowest BCUT2D eigenvalue weighted by atomic mass is 10.2. The Labute approximate surface area is 125 Å². The lowest BCUT2D eigenvalue weighted by Gasteiger charge is -2.18. The molecular formula is C14H19N3O3S. The van der Waals surface area contributed by atoms with Gasteiger partial charge in [-0.05, 0) is 37.0 Å². The van der Waals surface area contributed by atoms with Crippen LogP contribution in [0, 0.1) is 17.2 Å². The summed E-state index contributed by atoms with van der Waals surface area (Å²) in [5, 5.41) is 9.06. The Kier molecular flexibility index (Phi) is 4.83. The van der Waals surface area contributed by atoms with Crippen molar-refractivity contribution in [2.75, 3.05) is 32.5 Å². The first-order chi connectivity index (χ1) is 9.95. The molecule has 0 aliphatic heterocycles. The zero-order valence-corrected chi connectivity index (χ0v) is 12.8. The minimum Gasteiger partial charge on any atom is -0.399 e. The molecule has 1 saturated carbocycles. The summed E-state index contributed by atoms with van der Waals surface area (Å²) in [5.41, 5.74) is 5.99. The highest BCUT2D eigenvalue weighted by Crippen LogP contribution is 2.28. The third kappa shape index (κ3) is 3.94. The summed E-state index contributed by atoms with van der Waals surface area (Å²) < 4.78 is 31.5. The van der Waals surface area contributed by atoms with E-state index in [0.717, 1.165) is 0 Å². The van der Waals surface area contributed by atoms with E-state index in [1.165, 1.54) is 42.4 Å². The molecule has 0 heterocycles. The number of anilines is 1. The molecule has 1 aliphatic carbocycles. The second-order valence-electron chi connectivity index (χ2n) is 5.21. The van der Waals surface area contributed by atoms with Crippen molar-refractivity contribution < 1.29 is 13.2 Å². The van der Waals surface area contributed by atoms with Gasteiger partial charge < -0.3 is 10.5 Å². The van der Waals surface area contributed by atoms with Crippen molar-refractivity contribution in [2.45, 2.75) is 17.7 Å². The molecule has 21 heavy (non-hydrogen) atoms. The van der Waals surface area contributed by atoms with E-state index >= 15 is 0 Å². The number of sulfonamides is 1. The SMILES string of the molecule is CN(CCOCC1CC1)S(=O)(=O)c1ccc(N)cc1C#N. The molecule has 114 valence electrons. The van der Waals surface area contributed by atoms with E-state index in [-0.39, 0.29) is 17.0 Å². The molecule has 7 heteroatoms. The second kappa shape index (κ2) is 6.43. The molecule has 0 amide bonds. The van der Waals surface area contributed by atoms with Gasteiger partial charge in [0.15, 0.2) is 0 Å². The average Bonchev–Trinajstić information content (AvgIpc) is 3.26. The normalized spacial score (nSPS) is 15.1. The average molecular weight is 309 g/mol. The van der Waals surface area contributed by atoms with Gasteiger partial charge >= 0.3 is 0 Å². The summed E-state index contributed by atoms with van der Waals surface area (Å²) in [5.74, 6) is 0.647. The summed E-state index contributed by atoms with van der Waals surface area (Å²) in [4.78, 5) is -0.0242. The molecule has 0 unspecified atom stereocenters. The van der Waals surface area contributed by atoms with Gasteiger partial charge in [0, 0.05) is 25.9 Å². The minimum absolute atomic E-state index is 0.0242. The molecule has 2 rings (SSSR count). The highest BCUT2D eigenvalue weighted by Gasteiger charge is 2.25. The van der Waals surface area contributed by atoms with E-state index < -0.39 is 10.0 Å². The predicted molar refractivity (Wildman–Crippen MR) is 78.9 cm³/mol.